The third-order valence-corrected chi connectivity index (χ3v) is 5.91. The lowest BCUT2D eigenvalue weighted by molar-refractivity contribution is 0.483. The Morgan fingerprint density at radius 1 is 1.29 bits per heavy atom. The number of nitrogens with one attached hydrogen (secondary N) is 1. The molecule has 3 heteroatoms. The molecule has 0 aromatic heterocycles. The molecule has 0 heterocycles. The van der Waals surface area contributed by atoms with Gasteiger partial charge in [0.1, 0.15) is 0 Å². The van der Waals surface area contributed by atoms with Gasteiger partial charge in [-0.05, 0) is 45.1 Å². The summed E-state index contributed by atoms with van der Waals surface area (Å²) in [6.45, 7) is 7.57. The van der Waals surface area contributed by atoms with Crippen molar-refractivity contribution in [3.05, 3.63) is 0 Å². The zero-order valence-corrected chi connectivity index (χ0v) is 12.5. The van der Waals surface area contributed by atoms with Gasteiger partial charge in [-0.25, -0.2) is 0 Å². The van der Waals surface area contributed by atoms with Crippen LogP contribution in [0.2, 0.25) is 0 Å². The van der Waals surface area contributed by atoms with Crippen molar-refractivity contribution in [3.63, 3.8) is 0 Å². The fourth-order valence-electron chi connectivity index (χ4n) is 2.72. The Hall–Kier alpha value is 0.110. The summed E-state index contributed by atoms with van der Waals surface area (Å²) in [6.07, 6.45) is 7.54. The second kappa shape index (κ2) is 8.25. The standard InChI is InChI=1S/C14H29NOS/c1-4-10-15-14(5-2)12(3)17(16)11-13-8-6-7-9-13/h12-15H,4-11H2,1-3H3. The molecule has 0 aromatic carbocycles. The van der Waals surface area contributed by atoms with Gasteiger partial charge in [0.2, 0.25) is 0 Å². The Morgan fingerprint density at radius 2 is 1.94 bits per heavy atom. The van der Waals surface area contributed by atoms with Crippen molar-refractivity contribution in [2.75, 3.05) is 12.3 Å². The average molecular weight is 259 g/mol. The lowest BCUT2D eigenvalue weighted by atomic mass is 10.1. The summed E-state index contributed by atoms with van der Waals surface area (Å²) >= 11 is 0. The predicted octanol–water partition coefficient (Wildman–Crippen LogP) is 3.09. The summed E-state index contributed by atoms with van der Waals surface area (Å²) in [5.74, 6) is 1.67. The molecule has 17 heavy (non-hydrogen) atoms. The zero-order chi connectivity index (χ0) is 12.7. The van der Waals surface area contributed by atoms with Gasteiger partial charge in [0.05, 0.1) is 0 Å². The Morgan fingerprint density at radius 3 is 2.47 bits per heavy atom. The van der Waals surface area contributed by atoms with E-state index in [9.17, 15) is 4.21 Å². The topological polar surface area (TPSA) is 29.1 Å². The number of rotatable bonds is 8. The molecule has 1 saturated carbocycles. The quantitative estimate of drug-likeness (QED) is 0.726. The molecule has 1 aliphatic rings. The van der Waals surface area contributed by atoms with Gasteiger partial charge in [-0.1, -0.05) is 26.7 Å². The maximum atomic E-state index is 12.3. The average Bonchev–Trinajstić information content (AvgIpc) is 2.82. The second-order valence-electron chi connectivity index (χ2n) is 5.37. The normalized spacial score (nSPS) is 22.5. The van der Waals surface area contributed by atoms with Crippen LogP contribution in [0.3, 0.4) is 0 Å². The fourth-order valence-corrected chi connectivity index (χ4v) is 4.47. The highest BCUT2D eigenvalue weighted by Gasteiger charge is 2.24. The highest BCUT2D eigenvalue weighted by molar-refractivity contribution is 7.85. The van der Waals surface area contributed by atoms with E-state index in [1.807, 2.05) is 0 Å². The van der Waals surface area contributed by atoms with Crippen molar-refractivity contribution in [3.8, 4) is 0 Å². The maximum Gasteiger partial charge on any atom is 0.0473 e. The number of hydrogen-bond acceptors (Lipinski definition) is 2. The summed E-state index contributed by atoms with van der Waals surface area (Å²) in [4.78, 5) is 0. The van der Waals surface area contributed by atoms with Crippen molar-refractivity contribution in [2.45, 2.75) is 70.6 Å². The monoisotopic (exact) mass is 259 g/mol. The van der Waals surface area contributed by atoms with Crippen molar-refractivity contribution in [2.24, 2.45) is 5.92 Å². The summed E-state index contributed by atoms with van der Waals surface area (Å²) in [5.41, 5.74) is 0. The molecule has 0 spiro atoms. The summed E-state index contributed by atoms with van der Waals surface area (Å²) in [7, 11) is -0.651. The van der Waals surface area contributed by atoms with E-state index >= 15 is 0 Å². The molecule has 0 aliphatic heterocycles. The zero-order valence-electron chi connectivity index (χ0n) is 11.7. The molecule has 1 fully saturated rings. The minimum absolute atomic E-state index is 0.298. The molecule has 2 nitrogen and oxygen atoms in total. The summed E-state index contributed by atoms with van der Waals surface area (Å²) in [6, 6.07) is 0.428. The van der Waals surface area contributed by atoms with Crippen LogP contribution in [0, 0.1) is 5.92 Å². The molecule has 1 rings (SSSR count). The molecular formula is C14H29NOS. The lowest BCUT2D eigenvalue weighted by Gasteiger charge is -2.24. The minimum Gasteiger partial charge on any atom is -0.313 e. The van der Waals surface area contributed by atoms with Crippen LogP contribution in [0.1, 0.15) is 59.3 Å². The van der Waals surface area contributed by atoms with E-state index in [2.05, 4.69) is 26.1 Å². The highest BCUT2D eigenvalue weighted by atomic mass is 32.2. The van der Waals surface area contributed by atoms with E-state index in [0.29, 0.717) is 11.3 Å². The van der Waals surface area contributed by atoms with E-state index in [0.717, 1.165) is 31.1 Å². The van der Waals surface area contributed by atoms with Crippen LogP contribution in [0.5, 0.6) is 0 Å². The third-order valence-electron chi connectivity index (χ3n) is 3.95. The SMILES string of the molecule is CCCNC(CC)C(C)S(=O)CC1CCCC1. The molecule has 0 amide bonds. The van der Waals surface area contributed by atoms with Crippen molar-refractivity contribution in [1.29, 1.82) is 0 Å². The first-order valence-corrected chi connectivity index (χ1v) is 8.67. The van der Waals surface area contributed by atoms with Gasteiger partial charge >= 0.3 is 0 Å². The minimum atomic E-state index is -0.651. The fraction of sp³-hybridized carbons (Fsp3) is 1.00. The first-order valence-electron chi connectivity index (χ1n) is 7.29. The molecule has 1 aliphatic carbocycles. The molecule has 102 valence electrons. The Kier molecular flexibility index (Phi) is 7.36. The molecule has 3 unspecified atom stereocenters. The van der Waals surface area contributed by atoms with Crippen LogP contribution in [-0.2, 0) is 10.8 Å². The van der Waals surface area contributed by atoms with E-state index < -0.39 is 10.8 Å². The highest BCUT2D eigenvalue weighted by Crippen LogP contribution is 2.26. The third kappa shape index (κ3) is 5.09. The molecule has 0 saturated heterocycles. The lowest BCUT2D eigenvalue weighted by Crippen LogP contribution is -2.41. The molecule has 1 N–H and O–H groups in total. The Labute approximate surface area is 109 Å². The Bertz CT molecular complexity index is 226. The van der Waals surface area contributed by atoms with E-state index in [1.54, 1.807) is 0 Å². The molecule has 3 atom stereocenters. The van der Waals surface area contributed by atoms with Crippen molar-refractivity contribution >= 4 is 10.8 Å². The predicted molar refractivity (Wildman–Crippen MR) is 76.8 cm³/mol. The van der Waals surface area contributed by atoms with E-state index in [4.69, 9.17) is 0 Å². The van der Waals surface area contributed by atoms with Crippen molar-refractivity contribution in [1.82, 2.24) is 5.32 Å². The van der Waals surface area contributed by atoms with Gasteiger partial charge < -0.3 is 5.32 Å². The van der Waals surface area contributed by atoms with Gasteiger partial charge in [0.25, 0.3) is 0 Å². The van der Waals surface area contributed by atoms with Crippen molar-refractivity contribution < 1.29 is 4.21 Å². The first kappa shape index (κ1) is 15.2. The van der Waals surface area contributed by atoms with Gasteiger partial charge in [0.15, 0.2) is 0 Å². The van der Waals surface area contributed by atoms with Crippen LogP contribution in [-0.4, -0.2) is 27.8 Å². The van der Waals surface area contributed by atoms with Crippen LogP contribution in [0.4, 0.5) is 0 Å². The molecule has 0 bridgehead atoms. The van der Waals surface area contributed by atoms with Crippen LogP contribution >= 0.6 is 0 Å². The molecule has 0 radical (unpaired) electrons. The van der Waals surface area contributed by atoms with Gasteiger partial charge in [-0.3, -0.25) is 4.21 Å². The summed E-state index contributed by atoms with van der Waals surface area (Å²) < 4.78 is 12.3. The van der Waals surface area contributed by atoms with E-state index in [-0.39, 0.29) is 0 Å². The van der Waals surface area contributed by atoms with Crippen LogP contribution in [0.15, 0.2) is 0 Å². The maximum absolute atomic E-state index is 12.3. The smallest absolute Gasteiger partial charge is 0.0473 e. The van der Waals surface area contributed by atoms with Gasteiger partial charge in [0, 0.05) is 27.8 Å². The second-order valence-corrected chi connectivity index (χ2v) is 7.21. The largest absolute Gasteiger partial charge is 0.313 e. The van der Waals surface area contributed by atoms with Crippen LogP contribution in [0.25, 0.3) is 0 Å². The summed E-state index contributed by atoms with van der Waals surface area (Å²) in [5, 5.41) is 3.83. The molecule has 0 aromatic rings. The van der Waals surface area contributed by atoms with E-state index in [1.165, 1.54) is 25.7 Å². The van der Waals surface area contributed by atoms with Crippen LogP contribution < -0.4 is 5.32 Å². The number of hydrogen-bond donors (Lipinski definition) is 1. The van der Waals surface area contributed by atoms with Gasteiger partial charge in [-0.2, -0.15) is 0 Å². The Balaban J connectivity index is 2.36. The molecular weight excluding hydrogens is 230 g/mol. The van der Waals surface area contributed by atoms with Gasteiger partial charge in [-0.15, -0.1) is 0 Å². The first-order chi connectivity index (χ1) is 8.19.